The number of aryl methyl sites for hydroxylation is 1. The van der Waals surface area contributed by atoms with Crippen LogP contribution in [0.25, 0.3) is 10.9 Å². The van der Waals surface area contributed by atoms with E-state index in [1.807, 2.05) is 6.07 Å². The molecule has 7 heteroatoms. The fourth-order valence-electron chi connectivity index (χ4n) is 4.10. The van der Waals surface area contributed by atoms with Crippen molar-refractivity contribution < 1.29 is 4.74 Å². The van der Waals surface area contributed by atoms with Gasteiger partial charge in [-0.1, -0.05) is 6.92 Å². The van der Waals surface area contributed by atoms with E-state index in [4.69, 9.17) is 21.9 Å². The van der Waals surface area contributed by atoms with E-state index in [9.17, 15) is 0 Å². The Kier molecular flexibility index (Phi) is 6.47. The molecule has 0 radical (unpaired) electrons. The smallest absolute Gasteiger partial charge is 0.170 e. The molecule has 0 saturated carbocycles. The van der Waals surface area contributed by atoms with Gasteiger partial charge >= 0.3 is 0 Å². The van der Waals surface area contributed by atoms with Crippen LogP contribution in [0.3, 0.4) is 0 Å². The van der Waals surface area contributed by atoms with Gasteiger partial charge in [-0.15, -0.1) is 0 Å². The molecule has 2 aromatic rings. The lowest BCUT2D eigenvalue weighted by atomic mass is 10.1. The summed E-state index contributed by atoms with van der Waals surface area (Å²) in [5.41, 5.74) is 3.25. The van der Waals surface area contributed by atoms with Crippen molar-refractivity contribution >= 4 is 39.7 Å². The standard InChI is InChI=1S/C22H31N5OS/c1-3-26-8-10-27(11-9-26)21-13-16(2)19-14-17(6-7-20(19)25-21)24-22(29)23-15-18-5-4-12-28-18/h6-7,13-14,18H,3-5,8-12,15H2,1-2H3,(H2,23,24,29). The minimum atomic E-state index is 0.274. The lowest BCUT2D eigenvalue weighted by Gasteiger charge is -2.35. The van der Waals surface area contributed by atoms with E-state index in [2.05, 4.69) is 52.5 Å². The SMILES string of the molecule is CCN1CCN(c2cc(C)c3cc(NC(=S)NCC4CCCO4)ccc3n2)CC1. The maximum Gasteiger partial charge on any atom is 0.170 e. The van der Waals surface area contributed by atoms with Crippen LogP contribution in [0.1, 0.15) is 25.3 Å². The third-order valence-electron chi connectivity index (χ3n) is 5.92. The first-order valence-electron chi connectivity index (χ1n) is 10.7. The van der Waals surface area contributed by atoms with Crippen LogP contribution in [0.2, 0.25) is 0 Å². The second-order valence-corrected chi connectivity index (χ2v) is 8.33. The molecular formula is C22H31N5OS. The monoisotopic (exact) mass is 413 g/mol. The molecule has 0 aliphatic carbocycles. The minimum Gasteiger partial charge on any atom is -0.376 e. The lowest BCUT2D eigenvalue weighted by Crippen LogP contribution is -2.46. The number of nitrogens with zero attached hydrogens (tertiary/aromatic N) is 3. The average Bonchev–Trinajstić information content (AvgIpc) is 3.26. The molecule has 2 aliphatic heterocycles. The molecule has 0 amide bonds. The van der Waals surface area contributed by atoms with Crippen molar-refractivity contribution in [3.8, 4) is 0 Å². The Labute approximate surface area is 178 Å². The van der Waals surface area contributed by atoms with Crippen molar-refractivity contribution in [3.63, 3.8) is 0 Å². The van der Waals surface area contributed by atoms with Gasteiger partial charge in [0.1, 0.15) is 5.82 Å². The van der Waals surface area contributed by atoms with Gasteiger partial charge in [-0.05, 0) is 68.4 Å². The third kappa shape index (κ3) is 4.97. The molecule has 2 N–H and O–H groups in total. The summed E-state index contributed by atoms with van der Waals surface area (Å²) in [6.07, 6.45) is 2.52. The van der Waals surface area contributed by atoms with Crippen LogP contribution in [0.4, 0.5) is 11.5 Å². The van der Waals surface area contributed by atoms with E-state index in [-0.39, 0.29) is 6.10 Å². The summed E-state index contributed by atoms with van der Waals surface area (Å²) in [7, 11) is 0. The Morgan fingerprint density at radius 3 is 2.79 bits per heavy atom. The van der Waals surface area contributed by atoms with E-state index < -0.39 is 0 Å². The van der Waals surface area contributed by atoms with Gasteiger partial charge < -0.3 is 25.2 Å². The number of aromatic nitrogens is 1. The summed E-state index contributed by atoms with van der Waals surface area (Å²) >= 11 is 5.45. The highest BCUT2D eigenvalue weighted by Gasteiger charge is 2.18. The molecule has 1 unspecified atom stereocenters. The summed E-state index contributed by atoms with van der Waals surface area (Å²) in [6, 6.07) is 8.48. The molecule has 0 bridgehead atoms. The molecule has 0 spiro atoms. The van der Waals surface area contributed by atoms with Crippen LogP contribution in [-0.4, -0.2) is 67.0 Å². The topological polar surface area (TPSA) is 52.7 Å². The number of fused-ring (bicyclic) bond motifs is 1. The zero-order chi connectivity index (χ0) is 20.2. The average molecular weight is 414 g/mol. The van der Waals surface area contributed by atoms with Gasteiger partial charge in [0.15, 0.2) is 5.11 Å². The highest BCUT2D eigenvalue weighted by Crippen LogP contribution is 2.26. The summed E-state index contributed by atoms with van der Waals surface area (Å²) < 4.78 is 5.64. The van der Waals surface area contributed by atoms with Gasteiger partial charge in [0.05, 0.1) is 11.6 Å². The van der Waals surface area contributed by atoms with Gasteiger partial charge in [-0.25, -0.2) is 4.98 Å². The number of nitrogens with one attached hydrogen (secondary N) is 2. The van der Waals surface area contributed by atoms with Crippen LogP contribution in [0, 0.1) is 6.92 Å². The predicted molar refractivity (Wildman–Crippen MR) is 124 cm³/mol. The van der Waals surface area contributed by atoms with E-state index in [0.29, 0.717) is 5.11 Å². The highest BCUT2D eigenvalue weighted by atomic mass is 32.1. The summed E-state index contributed by atoms with van der Waals surface area (Å²) in [5, 5.41) is 8.36. The van der Waals surface area contributed by atoms with Crippen molar-refractivity contribution in [2.45, 2.75) is 32.8 Å². The lowest BCUT2D eigenvalue weighted by molar-refractivity contribution is 0.114. The third-order valence-corrected chi connectivity index (χ3v) is 6.16. The second-order valence-electron chi connectivity index (χ2n) is 7.92. The number of thiocarbonyl (C=S) groups is 1. The maximum atomic E-state index is 5.64. The molecule has 156 valence electrons. The van der Waals surface area contributed by atoms with E-state index >= 15 is 0 Å². The molecule has 2 fully saturated rings. The molecule has 3 heterocycles. The summed E-state index contributed by atoms with van der Waals surface area (Å²) in [6.45, 7) is 11.4. The normalized spacial score (nSPS) is 20.2. The number of hydrogen-bond acceptors (Lipinski definition) is 5. The Bertz CT molecular complexity index is 860. The first kappa shape index (κ1) is 20.3. The van der Waals surface area contributed by atoms with Crippen LogP contribution in [-0.2, 0) is 4.74 Å². The summed E-state index contributed by atoms with van der Waals surface area (Å²) in [5.74, 6) is 1.08. The molecule has 1 aromatic heterocycles. The summed E-state index contributed by atoms with van der Waals surface area (Å²) in [4.78, 5) is 9.82. The van der Waals surface area contributed by atoms with E-state index in [1.54, 1.807) is 0 Å². The Morgan fingerprint density at radius 1 is 1.24 bits per heavy atom. The van der Waals surface area contributed by atoms with Crippen molar-refractivity contribution in [1.29, 1.82) is 0 Å². The number of piperazine rings is 1. The molecule has 4 rings (SSSR count). The molecule has 6 nitrogen and oxygen atoms in total. The molecule has 1 atom stereocenters. The van der Waals surface area contributed by atoms with Crippen LogP contribution < -0.4 is 15.5 Å². The first-order valence-corrected chi connectivity index (χ1v) is 11.1. The Morgan fingerprint density at radius 2 is 2.07 bits per heavy atom. The van der Waals surface area contributed by atoms with Gasteiger partial charge in [0, 0.05) is 50.4 Å². The van der Waals surface area contributed by atoms with Crippen LogP contribution in [0.15, 0.2) is 24.3 Å². The van der Waals surface area contributed by atoms with Crippen LogP contribution >= 0.6 is 12.2 Å². The van der Waals surface area contributed by atoms with Gasteiger partial charge in [0.2, 0.25) is 0 Å². The van der Waals surface area contributed by atoms with Crippen molar-refractivity contribution in [2.24, 2.45) is 0 Å². The maximum absolute atomic E-state index is 5.64. The quantitative estimate of drug-likeness (QED) is 0.730. The van der Waals surface area contributed by atoms with Crippen molar-refractivity contribution in [3.05, 3.63) is 29.8 Å². The number of likely N-dealkylation sites (N-methyl/N-ethyl adjacent to an activating group) is 1. The number of rotatable bonds is 5. The molecule has 1 aromatic carbocycles. The zero-order valence-electron chi connectivity index (χ0n) is 17.4. The van der Waals surface area contributed by atoms with E-state index in [0.717, 1.165) is 81.1 Å². The Balaban J connectivity index is 1.42. The van der Waals surface area contributed by atoms with E-state index in [1.165, 1.54) is 5.56 Å². The molecular weight excluding hydrogens is 382 g/mol. The zero-order valence-corrected chi connectivity index (χ0v) is 18.2. The van der Waals surface area contributed by atoms with Gasteiger partial charge in [0.25, 0.3) is 0 Å². The van der Waals surface area contributed by atoms with Crippen molar-refractivity contribution in [1.82, 2.24) is 15.2 Å². The van der Waals surface area contributed by atoms with Crippen LogP contribution in [0.5, 0.6) is 0 Å². The molecule has 2 saturated heterocycles. The number of ether oxygens (including phenoxy) is 1. The number of pyridine rings is 1. The van der Waals surface area contributed by atoms with Gasteiger partial charge in [-0.2, -0.15) is 0 Å². The molecule has 2 aliphatic rings. The predicted octanol–water partition coefficient (Wildman–Crippen LogP) is 3.15. The Hall–Kier alpha value is -1.96. The molecule has 29 heavy (non-hydrogen) atoms. The minimum absolute atomic E-state index is 0.274. The fourth-order valence-corrected chi connectivity index (χ4v) is 4.30. The number of benzene rings is 1. The number of hydrogen-bond donors (Lipinski definition) is 2. The number of anilines is 2. The second kappa shape index (κ2) is 9.24. The fraction of sp³-hybridized carbons (Fsp3) is 0.545. The largest absolute Gasteiger partial charge is 0.376 e. The first-order chi connectivity index (χ1) is 14.1. The van der Waals surface area contributed by atoms with Crippen molar-refractivity contribution in [2.75, 3.05) is 56.1 Å². The van der Waals surface area contributed by atoms with Gasteiger partial charge in [-0.3, -0.25) is 0 Å². The highest BCUT2D eigenvalue weighted by molar-refractivity contribution is 7.80.